The molecular formula is C28H46O4. The number of rotatable bonds is 7. The van der Waals surface area contributed by atoms with E-state index in [9.17, 15) is 14.7 Å². The lowest BCUT2D eigenvalue weighted by molar-refractivity contribution is -0.159. The van der Waals surface area contributed by atoms with Crippen LogP contribution in [0.1, 0.15) is 112 Å². The SMILES string of the molecule is CC1CC(CCC(C)C(=O)OC(C)(C)C)CC(O)(CC(=O)C23CC4CC(CC(C4)C2)C3)C1. The molecule has 182 valence electrons. The molecule has 4 nitrogen and oxygen atoms in total. The maximum Gasteiger partial charge on any atom is 0.309 e. The van der Waals surface area contributed by atoms with Gasteiger partial charge in [0.15, 0.2) is 0 Å². The van der Waals surface area contributed by atoms with Gasteiger partial charge in [0, 0.05) is 11.8 Å². The number of ketones is 1. The van der Waals surface area contributed by atoms with Gasteiger partial charge in [0.1, 0.15) is 11.4 Å². The number of Topliss-reactive ketones (excluding diaryl/α,β-unsaturated/α-hetero) is 1. The predicted octanol–water partition coefficient (Wildman–Crippen LogP) is 6.09. The molecule has 0 aromatic rings. The molecule has 0 aliphatic heterocycles. The molecule has 0 radical (unpaired) electrons. The van der Waals surface area contributed by atoms with Crippen LogP contribution in [-0.4, -0.2) is 28.1 Å². The summed E-state index contributed by atoms with van der Waals surface area (Å²) in [6.45, 7) is 9.87. The van der Waals surface area contributed by atoms with Crippen molar-refractivity contribution in [3.05, 3.63) is 0 Å². The van der Waals surface area contributed by atoms with Gasteiger partial charge in [0.25, 0.3) is 0 Å². The Hall–Kier alpha value is -0.900. The molecule has 5 fully saturated rings. The van der Waals surface area contributed by atoms with Gasteiger partial charge < -0.3 is 9.84 Å². The number of carbonyl (C=O) groups is 2. The van der Waals surface area contributed by atoms with Crippen molar-refractivity contribution in [1.82, 2.24) is 0 Å². The highest BCUT2D eigenvalue weighted by Crippen LogP contribution is 2.61. The fraction of sp³-hybridized carbons (Fsp3) is 0.929. The first-order valence-electron chi connectivity index (χ1n) is 13.3. The third-order valence-corrected chi connectivity index (χ3v) is 9.07. The summed E-state index contributed by atoms with van der Waals surface area (Å²) in [6, 6.07) is 0. The largest absolute Gasteiger partial charge is 0.460 e. The van der Waals surface area contributed by atoms with Gasteiger partial charge in [-0.3, -0.25) is 9.59 Å². The van der Waals surface area contributed by atoms with E-state index in [1.54, 1.807) is 0 Å². The van der Waals surface area contributed by atoms with Crippen molar-refractivity contribution in [1.29, 1.82) is 0 Å². The van der Waals surface area contributed by atoms with Gasteiger partial charge >= 0.3 is 5.97 Å². The molecule has 5 rings (SSSR count). The van der Waals surface area contributed by atoms with Gasteiger partial charge in [0.2, 0.25) is 0 Å². The topological polar surface area (TPSA) is 63.6 Å². The fourth-order valence-electron chi connectivity index (χ4n) is 8.31. The van der Waals surface area contributed by atoms with Crippen LogP contribution < -0.4 is 0 Å². The number of carbonyl (C=O) groups excluding carboxylic acids is 2. The number of hydrogen-bond donors (Lipinski definition) is 1. The lowest BCUT2D eigenvalue weighted by atomic mass is 9.48. The average Bonchev–Trinajstić information content (AvgIpc) is 2.62. The molecule has 0 aromatic carbocycles. The summed E-state index contributed by atoms with van der Waals surface area (Å²) >= 11 is 0. The Morgan fingerprint density at radius 3 is 2.06 bits per heavy atom. The van der Waals surface area contributed by atoms with Crippen molar-refractivity contribution >= 4 is 11.8 Å². The molecule has 0 saturated heterocycles. The van der Waals surface area contributed by atoms with E-state index in [1.165, 1.54) is 19.3 Å². The number of hydrogen-bond acceptors (Lipinski definition) is 4. The second-order valence-corrected chi connectivity index (χ2v) is 13.6. The van der Waals surface area contributed by atoms with Crippen LogP contribution >= 0.6 is 0 Å². The molecule has 0 spiro atoms. The van der Waals surface area contributed by atoms with E-state index >= 15 is 0 Å². The van der Waals surface area contributed by atoms with Gasteiger partial charge in [-0.2, -0.15) is 0 Å². The van der Waals surface area contributed by atoms with Crippen molar-refractivity contribution in [3.8, 4) is 0 Å². The van der Waals surface area contributed by atoms with Crippen LogP contribution in [-0.2, 0) is 14.3 Å². The van der Waals surface area contributed by atoms with E-state index in [-0.39, 0.29) is 17.3 Å². The van der Waals surface area contributed by atoms with E-state index in [0.29, 0.717) is 30.5 Å². The van der Waals surface area contributed by atoms with E-state index < -0.39 is 11.2 Å². The summed E-state index contributed by atoms with van der Waals surface area (Å²) in [5.74, 6) is 3.17. The molecule has 0 amide bonds. The van der Waals surface area contributed by atoms with Crippen LogP contribution in [0.4, 0.5) is 0 Å². The second kappa shape index (κ2) is 8.71. The van der Waals surface area contributed by atoms with Crippen molar-refractivity contribution < 1.29 is 19.4 Å². The highest BCUT2D eigenvalue weighted by molar-refractivity contribution is 5.86. The molecular weight excluding hydrogens is 400 g/mol. The standard InChI is InChI=1S/C28H46O4/c1-18-8-20(7-6-19(2)25(30)32-26(3,4)5)16-28(31,12-18)17-24(29)27-13-21-9-22(14-27)11-23(10-21)15-27/h18-23,31H,6-17H2,1-5H3. The molecule has 5 aliphatic rings. The Bertz CT molecular complexity index is 684. The summed E-state index contributed by atoms with van der Waals surface area (Å²) in [7, 11) is 0. The monoisotopic (exact) mass is 446 g/mol. The Morgan fingerprint density at radius 1 is 0.969 bits per heavy atom. The first-order chi connectivity index (χ1) is 14.8. The zero-order valence-electron chi connectivity index (χ0n) is 21.1. The maximum atomic E-state index is 13.7. The maximum absolute atomic E-state index is 13.7. The quantitative estimate of drug-likeness (QED) is 0.481. The predicted molar refractivity (Wildman–Crippen MR) is 126 cm³/mol. The van der Waals surface area contributed by atoms with Gasteiger partial charge in [-0.15, -0.1) is 0 Å². The van der Waals surface area contributed by atoms with Gasteiger partial charge in [0.05, 0.1) is 11.5 Å². The first kappa shape index (κ1) is 24.2. The van der Waals surface area contributed by atoms with E-state index in [4.69, 9.17) is 4.74 Å². The molecule has 32 heavy (non-hydrogen) atoms. The van der Waals surface area contributed by atoms with Gasteiger partial charge in [-0.05, 0) is 121 Å². The van der Waals surface area contributed by atoms with Crippen LogP contribution in [0.25, 0.3) is 0 Å². The smallest absolute Gasteiger partial charge is 0.309 e. The minimum absolute atomic E-state index is 0.119. The Morgan fingerprint density at radius 2 is 1.53 bits per heavy atom. The molecule has 1 N–H and O–H groups in total. The highest BCUT2D eigenvalue weighted by Gasteiger charge is 2.55. The molecule has 4 unspecified atom stereocenters. The third kappa shape index (κ3) is 5.42. The summed E-state index contributed by atoms with van der Waals surface area (Å²) in [5.41, 5.74) is -1.44. The minimum Gasteiger partial charge on any atom is -0.460 e. The molecule has 5 saturated carbocycles. The summed E-state index contributed by atoms with van der Waals surface area (Å²) in [4.78, 5) is 26.0. The minimum atomic E-state index is -0.863. The van der Waals surface area contributed by atoms with Gasteiger partial charge in [-0.25, -0.2) is 0 Å². The van der Waals surface area contributed by atoms with Crippen molar-refractivity contribution in [2.45, 2.75) is 123 Å². The van der Waals surface area contributed by atoms with Crippen molar-refractivity contribution in [3.63, 3.8) is 0 Å². The average molecular weight is 447 g/mol. The van der Waals surface area contributed by atoms with Crippen LogP contribution in [0.15, 0.2) is 0 Å². The molecule has 4 atom stereocenters. The van der Waals surface area contributed by atoms with Crippen LogP contribution in [0.2, 0.25) is 0 Å². The summed E-state index contributed by atoms with van der Waals surface area (Å²) < 4.78 is 5.54. The zero-order chi connectivity index (χ0) is 23.3. The molecule has 0 aromatic heterocycles. The number of esters is 1. The first-order valence-corrected chi connectivity index (χ1v) is 13.3. The lowest BCUT2D eigenvalue weighted by Crippen LogP contribution is -2.52. The normalized spacial score (nSPS) is 42.0. The second-order valence-electron chi connectivity index (χ2n) is 13.6. The van der Waals surface area contributed by atoms with E-state index in [0.717, 1.165) is 62.7 Å². The number of ether oxygens (including phenoxy) is 1. The highest BCUT2D eigenvalue weighted by atomic mass is 16.6. The summed E-state index contributed by atoms with van der Waals surface area (Å²) in [6.07, 6.45) is 11.8. The molecule has 5 aliphatic carbocycles. The Labute approximate surface area is 195 Å². The number of aliphatic hydroxyl groups is 1. The fourth-order valence-corrected chi connectivity index (χ4v) is 8.31. The molecule has 4 bridgehead atoms. The van der Waals surface area contributed by atoms with Crippen LogP contribution in [0.3, 0.4) is 0 Å². The Balaban J connectivity index is 1.34. The van der Waals surface area contributed by atoms with E-state index in [1.807, 2.05) is 27.7 Å². The third-order valence-electron chi connectivity index (χ3n) is 9.07. The van der Waals surface area contributed by atoms with Gasteiger partial charge in [-0.1, -0.05) is 13.8 Å². The van der Waals surface area contributed by atoms with Crippen molar-refractivity contribution in [2.24, 2.45) is 40.9 Å². The molecule has 0 heterocycles. The Kier molecular flexibility index (Phi) is 6.59. The zero-order valence-corrected chi connectivity index (χ0v) is 21.1. The van der Waals surface area contributed by atoms with Crippen LogP contribution in [0.5, 0.6) is 0 Å². The summed E-state index contributed by atoms with van der Waals surface area (Å²) in [5, 5.41) is 11.6. The molecule has 4 heteroatoms. The van der Waals surface area contributed by atoms with E-state index in [2.05, 4.69) is 6.92 Å². The van der Waals surface area contributed by atoms with Crippen molar-refractivity contribution in [2.75, 3.05) is 0 Å². The lowest BCUT2D eigenvalue weighted by Gasteiger charge is -2.56. The van der Waals surface area contributed by atoms with Crippen LogP contribution in [0, 0.1) is 40.9 Å².